The van der Waals surface area contributed by atoms with E-state index in [-0.39, 0.29) is 17.3 Å². The number of aromatic nitrogens is 2. The Kier molecular flexibility index (Phi) is 4.67. The van der Waals surface area contributed by atoms with Gasteiger partial charge in [0.05, 0.1) is 10.6 Å². The van der Waals surface area contributed by atoms with Crippen LogP contribution >= 0.6 is 0 Å². The molecule has 1 heterocycles. The van der Waals surface area contributed by atoms with Crippen LogP contribution in [-0.2, 0) is 0 Å². The van der Waals surface area contributed by atoms with E-state index in [1.54, 1.807) is 0 Å². The van der Waals surface area contributed by atoms with Crippen LogP contribution in [0.15, 0.2) is 79.1 Å². The molecule has 28 heavy (non-hydrogen) atoms. The Morgan fingerprint density at radius 3 is 2.32 bits per heavy atom. The molecule has 0 saturated heterocycles. The standard InChI is InChI=1S/C20H16N6O2/c27-26(28)18-19(23-17-12-6-8-14-7-4-5-11-16(14)17)21-13-22-20(18)25-24-15-9-2-1-3-10-15/h1-13,24H,(H2,21,22,23,25). The third kappa shape index (κ3) is 3.51. The van der Waals surface area contributed by atoms with Crippen molar-refractivity contribution in [1.29, 1.82) is 0 Å². The molecule has 3 N–H and O–H groups in total. The first kappa shape index (κ1) is 17.2. The van der Waals surface area contributed by atoms with Crippen LogP contribution in [0.2, 0.25) is 0 Å². The normalized spacial score (nSPS) is 10.4. The maximum Gasteiger partial charge on any atom is 0.355 e. The highest BCUT2D eigenvalue weighted by atomic mass is 16.6. The van der Waals surface area contributed by atoms with E-state index in [0.29, 0.717) is 0 Å². The number of anilines is 4. The summed E-state index contributed by atoms with van der Waals surface area (Å²) in [4.78, 5) is 19.3. The maximum atomic E-state index is 11.7. The van der Waals surface area contributed by atoms with E-state index in [9.17, 15) is 10.1 Å². The van der Waals surface area contributed by atoms with E-state index < -0.39 is 4.92 Å². The number of hydrogen-bond donors (Lipinski definition) is 3. The number of hydrazine groups is 1. The molecule has 0 aliphatic rings. The molecule has 0 aliphatic heterocycles. The summed E-state index contributed by atoms with van der Waals surface area (Å²) in [5.74, 6) is 0.167. The number of benzene rings is 3. The Morgan fingerprint density at radius 2 is 1.50 bits per heavy atom. The van der Waals surface area contributed by atoms with Gasteiger partial charge in [0.2, 0.25) is 11.6 Å². The Bertz CT molecular complexity index is 1130. The topological polar surface area (TPSA) is 105 Å². The number of nitrogens with one attached hydrogen (secondary N) is 3. The summed E-state index contributed by atoms with van der Waals surface area (Å²) in [6.45, 7) is 0. The number of fused-ring (bicyclic) bond motifs is 1. The lowest BCUT2D eigenvalue weighted by Gasteiger charge is -2.12. The third-order valence-corrected chi connectivity index (χ3v) is 4.15. The van der Waals surface area contributed by atoms with E-state index >= 15 is 0 Å². The highest BCUT2D eigenvalue weighted by Gasteiger charge is 2.23. The Labute approximate surface area is 160 Å². The molecular weight excluding hydrogens is 356 g/mol. The fourth-order valence-electron chi connectivity index (χ4n) is 2.85. The number of hydrogen-bond acceptors (Lipinski definition) is 7. The first-order valence-corrected chi connectivity index (χ1v) is 8.53. The molecule has 0 radical (unpaired) electrons. The second kappa shape index (κ2) is 7.58. The third-order valence-electron chi connectivity index (χ3n) is 4.15. The van der Waals surface area contributed by atoms with Crippen LogP contribution in [-0.4, -0.2) is 14.9 Å². The van der Waals surface area contributed by atoms with Gasteiger partial charge in [-0.3, -0.25) is 21.0 Å². The summed E-state index contributed by atoms with van der Waals surface area (Å²) in [5.41, 5.74) is 6.92. The first-order chi connectivity index (χ1) is 13.7. The van der Waals surface area contributed by atoms with Crippen molar-refractivity contribution in [3.8, 4) is 0 Å². The second-order valence-corrected chi connectivity index (χ2v) is 5.94. The van der Waals surface area contributed by atoms with Gasteiger partial charge in [-0.05, 0) is 23.6 Å². The van der Waals surface area contributed by atoms with E-state index in [2.05, 4.69) is 26.1 Å². The van der Waals surface area contributed by atoms with Crippen LogP contribution < -0.4 is 16.2 Å². The van der Waals surface area contributed by atoms with Crippen LogP contribution in [0.4, 0.5) is 28.7 Å². The fourth-order valence-corrected chi connectivity index (χ4v) is 2.85. The van der Waals surface area contributed by atoms with Gasteiger partial charge >= 0.3 is 5.69 Å². The maximum absolute atomic E-state index is 11.7. The zero-order valence-electron chi connectivity index (χ0n) is 14.7. The molecule has 1 aromatic heterocycles. The number of nitro groups is 1. The van der Waals surface area contributed by atoms with Crippen molar-refractivity contribution in [3.63, 3.8) is 0 Å². The van der Waals surface area contributed by atoms with Gasteiger partial charge in [-0.1, -0.05) is 54.6 Å². The fraction of sp³-hybridized carbons (Fsp3) is 0. The lowest BCUT2D eigenvalue weighted by molar-refractivity contribution is -0.383. The van der Waals surface area contributed by atoms with Crippen LogP contribution in [0.25, 0.3) is 10.8 Å². The van der Waals surface area contributed by atoms with Gasteiger partial charge < -0.3 is 5.32 Å². The van der Waals surface area contributed by atoms with Crippen LogP contribution in [0.3, 0.4) is 0 Å². The van der Waals surface area contributed by atoms with E-state index in [1.165, 1.54) is 6.33 Å². The van der Waals surface area contributed by atoms with E-state index in [0.717, 1.165) is 22.1 Å². The summed E-state index contributed by atoms with van der Waals surface area (Å²) in [7, 11) is 0. The van der Waals surface area contributed by atoms with Gasteiger partial charge in [0.1, 0.15) is 6.33 Å². The van der Waals surface area contributed by atoms with E-state index in [4.69, 9.17) is 0 Å². The number of para-hydroxylation sites is 1. The quantitative estimate of drug-likeness (QED) is 0.332. The molecule has 0 atom stereocenters. The molecule has 0 spiro atoms. The molecule has 0 unspecified atom stereocenters. The van der Waals surface area contributed by atoms with Gasteiger partial charge in [0.25, 0.3) is 0 Å². The Morgan fingerprint density at radius 1 is 0.786 bits per heavy atom. The number of rotatable bonds is 6. The SMILES string of the molecule is O=[N+]([O-])c1c(NNc2ccccc2)ncnc1Nc1cccc2ccccc12. The highest BCUT2D eigenvalue weighted by molar-refractivity contribution is 5.96. The van der Waals surface area contributed by atoms with Crippen molar-refractivity contribution in [3.05, 3.63) is 89.2 Å². The van der Waals surface area contributed by atoms with Gasteiger partial charge in [0.15, 0.2) is 0 Å². The predicted molar refractivity (Wildman–Crippen MR) is 110 cm³/mol. The first-order valence-electron chi connectivity index (χ1n) is 8.53. The average molecular weight is 372 g/mol. The molecule has 0 bridgehead atoms. The summed E-state index contributed by atoms with van der Waals surface area (Å²) in [6, 6.07) is 22.7. The molecule has 0 fully saturated rings. The van der Waals surface area contributed by atoms with Gasteiger partial charge in [-0.15, -0.1) is 0 Å². The van der Waals surface area contributed by atoms with Crippen molar-refractivity contribution in [2.75, 3.05) is 16.2 Å². The molecule has 0 aliphatic carbocycles. The zero-order valence-corrected chi connectivity index (χ0v) is 14.7. The monoisotopic (exact) mass is 372 g/mol. The van der Waals surface area contributed by atoms with Crippen molar-refractivity contribution in [2.24, 2.45) is 0 Å². The molecule has 138 valence electrons. The summed E-state index contributed by atoms with van der Waals surface area (Å²) >= 11 is 0. The molecule has 4 aromatic rings. The van der Waals surface area contributed by atoms with Crippen LogP contribution in [0.5, 0.6) is 0 Å². The van der Waals surface area contributed by atoms with Gasteiger partial charge in [0, 0.05) is 11.1 Å². The van der Waals surface area contributed by atoms with Gasteiger partial charge in [-0.2, -0.15) is 0 Å². The van der Waals surface area contributed by atoms with Crippen LogP contribution in [0.1, 0.15) is 0 Å². The van der Waals surface area contributed by atoms with Crippen molar-refractivity contribution in [1.82, 2.24) is 9.97 Å². The van der Waals surface area contributed by atoms with Crippen molar-refractivity contribution < 1.29 is 4.92 Å². The molecule has 8 heteroatoms. The Balaban J connectivity index is 1.68. The van der Waals surface area contributed by atoms with E-state index in [1.807, 2.05) is 72.8 Å². The minimum absolute atomic E-state index is 0.0617. The zero-order chi connectivity index (χ0) is 19.3. The lowest BCUT2D eigenvalue weighted by Crippen LogP contribution is -2.13. The van der Waals surface area contributed by atoms with Crippen molar-refractivity contribution in [2.45, 2.75) is 0 Å². The second-order valence-electron chi connectivity index (χ2n) is 5.94. The van der Waals surface area contributed by atoms with Gasteiger partial charge in [-0.25, -0.2) is 9.97 Å². The Hall–Kier alpha value is -4.20. The smallest absolute Gasteiger partial charge is 0.334 e. The molecule has 3 aromatic carbocycles. The molecule has 0 saturated carbocycles. The summed E-state index contributed by atoms with van der Waals surface area (Å²) in [5, 5.41) is 16.8. The predicted octanol–water partition coefficient (Wildman–Crippen LogP) is 4.72. The minimum Gasteiger partial charge on any atom is -0.334 e. The summed E-state index contributed by atoms with van der Waals surface area (Å²) < 4.78 is 0. The molecule has 8 nitrogen and oxygen atoms in total. The summed E-state index contributed by atoms with van der Waals surface area (Å²) in [6.07, 6.45) is 1.27. The lowest BCUT2D eigenvalue weighted by atomic mass is 10.1. The molecule has 4 rings (SSSR count). The number of nitrogens with zero attached hydrogens (tertiary/aromatic N) is 3. The molecule has 0 amide bonds. The van der Waals surface area contributed by atoms with Crippen molar-refractivity contribution >= 4 is 39.5 Å². The van der Waals surface area contributed by atoms with Crippen LogP contribution in [0, 0.1) is 10.1 Å². The highest BCUT2D eigenvalue weighted by Crippen LogP contribution is 2.33. The minimum atomic E-state index is -0.511. The molecular formula is C20H16N6O2. The largest absolute Gasteiger partial charge is 0.355 e. The average Bonchev–Trinajstić information content (AvgIpc) is 2.73.